The van der Waals surface area contributed by atoms with E-state index in [2.05, 4.69) is 27.1 Å². The van der Waals surface area contributed by atoms with E-state index in [1.807, 2.05) is 6.20 Å². The number of aliphatic hydroxyl groups is 1. The first kappa shape index (κ1) is 13.2. The molecule has 6 nitrogen and oxygen atoms in total. The smallest absolute Gasteiger partial charge is 0.155 e. The van der Waals surface area contributed by atoms with Gasteiger partial charge in [0.2, 0.25) is 0 Å². The van der Waals surface area contributed by atoms with Gasteiger partial charge in [-0.05, 0) is 30.0 Å². The van der Waals surface area contributed by atoms with E-state index < -0.39 is 0 Å². The van der Waals surface area contributed by atoms with Gasteiger partial charge in [0.15, 0.2) is 5.65 Å². The van der Waals surface area contributed by atoms with Crippen molar-refractivity contribution in [1.82, 2.24) is 19.5 Å². The van der Waals surface area contributed by atoms with E-state index >= 15 is 0 Å². The summed E-state index contributed by atoms with van der Waals surface area (Å²) in [6, 6.07) is 4.17. The van der Waals surface area contributed by atoms with E-state index in [0.29, 0.717) is 12.5 Å². The van der Waals surface area contributed by atoms with E-state index in [9.17, 15) is 5.11 Å². The molecule has 112 valence electrons. The molecule has 6 heteroatoms. The Morgan fingerprint density at radius 3 is 3.29 bits per heavy atom. The lowest BCUT2D eigenvalue weighted by Crippen LogP contribution is -2.42. The first-order valence-corrected chi connectivity index (χ1v) is 7.48. The van der Waals surface area contributed by atoms with Gasteiger partial charge in [-0.3, -0.25) is 4.90 Å². The number of nitrogens with zero attached hydrogens (tertiary/aromatic N) is 4. The van der Waals surface area contributed by atoms with E-state index in [1.54, 1.807) is 10.8 Å². The lowest BCUT2D eigenvalue weighted by Gasteiger charge is -2.36. The van der Waals surface area contributed by atoms with Crippen LogP contribution in [0.4, 0.5) is 0 Å². The molecule has 0 unspecified atom stereocenters. The quantitative estimate of drug-likeness (QED) is 0.894. The van der Waals surface area contributed by atoms with Crippen LogP contribution in [0.15, 0.2) is 24.7 Å². The van der Waals surface area contributed by atoms with Crippen molar-refractivity contribution in [1.29, 1.82) is 0 Å². The van der Waals surface area contributed by atoms with Gasteiger partial charge in [-0.25, -0.2) is 9.50 Å². The maximum absolute atomic E-state index is 9.82. The topological polar surface area (TPSA) is 62.9 Å². The van der Waals surface area contributed by atoms with Gasteiger partial charge in [0, 0.05) is 37.9 Å². The van der Waals surface area contributed by atoms with Gasteiger partial charge in [-0.1, -0.05) is 0 Å². The van der Waals surface area contributed by atoms with Crippen LogP contribution in [0.3, 0.4) is 0 Å². The molecule has 4 rings (SSSR count). The highest BCUT2D eigenvalue weighted by atomic mass is 16.5. The number of likely N-dealkylation sites (tertiary alicyclic amines) is 1. The summed E-state index contributed by atoms with van der Waals surface area (Å²) in [5, 5.41) is 13.9. The largest absolute Gasteiger partial charge is 0.396 e. The number of fused-ring (bicyclic) bond motifs is 2. The molecular formula is C15H20N4O2. The number of hydrogen-bond acceptors (Lipinski definition) is 5. The first-order valence-electron chi connectivity index (χ1n) is 7.48. The lowest BCUT2D eigenvalue weighted by atomic mass is 9.76. The van der Waals surface area contributed by atoms with Gasteiger partial charge in [-0.15, -0.1) is 0 Å². The highest BCUT2D eigenvalue weighted by Crippen LogP contribution is 2.41. The number of ether oxygens (including phenoxy) is 1. The molecule has 21 heavy (non-hydrogen) atoms. The van der Waals surface area contributed by atoms with Crippen LogP contribution in [0, 0.1) is 11.3 Å². The minimum absolute atomic E-state index is 0.0583. The average molecular weight is 288 g/mol. The summed E-state index contributed by atoms with van der Waals surface area (Å²) >= 11 is 0. The summed E-state index contributed by atoms with van der Waals surface area (Å²) in [6.45, 7) is 4.58. The Bertz CT molecular complexity index is 643. The highest BCUT2D eigenvalue weighted by molar-refractivity contribution is 5.39. The van der Waals surface area contributed by atoms with Crippen LogP contribution in [0.5, 0.6) is 0 Å². The Morgan fingerprint density at radius 2 is 2.43 bits per heavy atom. The van der Waals surface area contributed by atoms with Crippen LogP contribution >= 0.6 is 0 Å². The van der Waals surface area contributed by atoms with E-state index in [1.165, 1.54) is 5.56 Å². The van der Waals surface area contributed by atoms with E-state index in [-0.39, 0.29) is 12.0 Å². The lowest BCUT2D eigenvalue weighted by molar-refractivity contribution is -0.0561. The molecule has 2 aromatic heterocycles. The molecule has 2 aliphatic rings. The maximum atomic E-state index is 9.82. The maximum Gasteiger partial charge on any atom is 0.155 e. The minimum Gasteiger partial charge on any atom is -0.396 e. The molecule has 0 spiro atoms. The number of rotatable bonds is 3. The van der Waals surface area contributed by atoms with Crippen LogP contribution in [-0.4, -0.2) is 57.5 Å². The number of hydrogen-bond donors (Lipinski definition) is 1. The number of aliphatic hydroxyl groups excluding tert-OH is 1. The van der Waals surface area contributed by atoms with Crippen molar-refractivity contribution in [3.8, 4) is 0 Å². The molecular weight excluding hydrogens is 268 g/mol. The predicted molar refractivity (Wildman–Crippen MR) is 76.7 cm³/mol. The first-order chi connectivity index (χ1) is 10.3. The van der Waals surface area contributed by atoms with Crippen LogP contribution in [0.2, 0.25) is 0 Å². The van der Waals surface area contributed by atoms with Crippen molar-refractivity contribution in [2.45, 2.75) is 13.0 Å². The molecule has 0 aromatic carbocycles. The Hall–Kier alpha value is -1.50. The van der Waals surface area contributed by atoms with Crippen LogP contribution in [0.25, 0.3) is 5.65 Å². The Balaban J connectivity index is 1.52. The highest BCUT2D eigenvalue weighted by Gasteiger charge is 2.47. The fourth-order valence-corrected chi connectivity index (χ4v) is 3.77. The zero-order valence-electron chi connectivity index (χ0n) is 12.0. The van der Waals surface area contributed by atoms with Crippen molar-refractivity contribution in [3.05, 3.63) is 30.2 Å². The second kappa shape index (κ2) is 5.05. The van der Waals surface area contributed by atoms with Crippen molar-refractivity contribution in [2.75, 3.05) is 32.9 Å². The molecule has 0 amide bonds. The number of pyridine rings is 1. The summed E-state index contributed by atoms with van der Waals surface area (Å²) in [7, 11) is 0. The SMILES string of the molecule is OC[C@]12COCC[C@H]1CN(Cc1ccn3ncnc3c1)C2. The zero-order valence-corrected chi connectivity index (χ0v) is 12.0. The van der Waals surface area contributed by atoms with Gasteiger partial charge < -0.3 is 9.84 Å². The summed E-state index contributed by atoms with van der Waals surface area (Å²) < 4.78 is 7.39. The van der Waals surface area contributed by atoms with E-state index in [4.69, 9.17) is 4.74 Å². The molecule has 0 saturated carbocycles. The third-order valence-corrected chi connectivity index (χ3v) is 4.95. The number of aromatic nitrogens is 3. The molecule has 2 saturated heterocycles. The summed E-state index contributed by atoms with van der Waals surface area (Å²) in [6.07, 6.45) is 4.58. The van der Waals surface area contributed by atoms with Crippen molar-refractivity contribution in [2.24, 2.45) is 11.3 Å². The van der Waals surface area contributed by atoms with Crippen molar-refractivity contribution in [3.63, 3.8) is 0 Å². The summed E-state index contributed by atoms with van der Waals surface area (Å²) in [4.78, 5) is 6.66. The summed E-state index contributed by atoms with van der Waals surface area (Å²) in [5.74, 6) is 0.549. The van der Waals surface area contributed by atoms with Gasteiger partial charge in [-0.2, -0.15) is 5.10 Å². The molecule has 4 heterocycles. The third kappa shape index (κ3) is 2.23. The molecule has 2 aliphatic heterocycles. The monoisotopic (exact) mass is 288 g/mol. The molecule has 2 aromatic rings. The molecule has 0 radical (unpaired) electrons. The van der Waals surface area contributed by atoms with Gasteiger partial charge in [0.05, 0.1) is 13.2 Å². The Kier molecular flexibility index (Phi) is 3.17. The van der Waals surface area contributed by atoms with Gasteiger partial charge in [0.25, 0.3) is 0 Å². The molecule has 0 bridgehead atoms. The Labute approximate surface area is 123 Å². The standard InChI is InChI=1S/C15H20N4O2/c20-9-15-8-18(7-13(15)2-4-21-10-15)6-12-1-3-19-14(5-12)16-11-17-19/h1,3,5,11,13,20H,2,4,6-10H2/t13-,15+/m0/s1. The van der Waals surface area contributed by atoms with E-state index in [0.717, 1.165) is 38.3 Å². The third-order valence-electron chi connectivity index (χ3n) is 4.95. The van der Waals surface area contributed by atoms with Gasteiger partial charge >= 0.3 is 0 Å². The van der Waals surface area contributed by atoms with Crippen LogP contribution in [-0.2, 0) is 11.3 Å². The molecule has 0 aliphatic carbocycles. The molecule has 2 fully saturated rings. The molecule has 2 atom stereocenters. The second-order valence-corrected chi connectivity index (χ2v) is 6.33. The summed E-state index contributed by atoms with van der Waals surface area (Å²) in [5.41, 5.74) is 2.06. The second-order valence-electron chi connectivity index (χ2n) is 6.33. The predicted octanol–water partition coefficient (Wildman–Crippen LogP) is 0.560. The van der Waals surface area contributed by atoms with Crippen molar-refractivity contribution >= 4 is 5.65 Å². The Morgan fingerprint density at radius 1 is 1.48 bits per heavy atom. The zero-order chi connectivity index (χ0) is 14.3. The van der Waals surface area contributed by atoms with Crippen molar-refractivity contribution < 1.29 is 9.84 Å². The fraction of sp³-hybridized carbons (Fsp3) is 0.600. The molecule has 1 N–H and O–H groups in total. The van der Waals surface area contributed by atoms with Crippen LogP contribution in [0.1, 0.15) is 12.0 Å². The minimum atomic E-state index is -0.0583. The van der Waals surface area contributed by atoms with Gasteiger partial charge in [0.1, 0.15) is 6.33 Å². The fourth-order valence-electron chi connectivity index (χ4n) is 3.77. The average Bonchev–Trinajstić information content (AvgIpc) is 3.10. The normalized spacial score (nSPS) is 29.9. The van der Waals surface area contributed by atoms with Crippen LogP contribution < -0.4 is 0 Å².